The van der Waals surface area contributed by atoms with Gasteiger partial charge in [-0.3, -0.25) is 4.79 Å². The molecule has 7 heteroatoms. The minimum Gasteiger partial charge on any atom is -0.422 e. The minimum absolute atomic E-state index is 0.0159. The van der Waals surface area contributed by atoms with Crippen molar-refractivity contribution < 1.29 is 13.6 Å². The summed E-state index contributed by atoms with van der Waals surface area (Å²) in [5.74, 6) is -0.168. The first-order valence-electron chi connectivity index (χ1n) is 10.4. The Morgan fingerprint density at radius 1 is 1.00 bits per heavy atom. The third-order valence-electron chi connectivity index (χ3n) is 5.31. The number of nitrogens with one attached hydrogen (secondary N) is 2. The Balaban J connectivity index is 1.32. The summed E-state index contributed by atoms with van der Waals surface area (Å²) in [7, 11) is 0. The van der Waals surface area contributed by atoms with Gasteiger partial charge in [0.05, 0.1) is 5.69 Å². The molecule has 164 valence electrons. The average Bonchev–Trinajstić information content (AvgIpc) is 3.20. The van der Waals surface area contributed by atoms with E-state index < -0.39 is 11.5 Å². The van der Waals surface area contributed by atoms with E-state index in [4.69, 9.17) is 4.42 Å². The van der Waals surface area contributed by atoms with Crippen LogP contribution in [0.5, 0.6) is 0 Å². The predicted molar refractivity (Wildman–Crippen MR) is 129 cm³/mol. The van der Waals surface area contributed by atoms with E-state index in [0.29, 0.717) is 23.3 Å². The highest BCUT2D eigenvalue weighted by molar-refractivity contribution is 7.99. The number of hydrogen-bond acceptors (Lipinski definition) is 4. The number of benzene rings is 3. The van der Waals surface area contributed by atoms with Crippen molar-refractivity contribution in [2.75, 3.05) is 12.3 Å². The lowest BCUT2D eigenvalue weighted by molar-refractivity contribution is 0.0952. The van der Waals surface area contributed by atoms with E-state index in [-0.39, 0.29) is 11.4 Å². The minimum atomic E-state index is -0.658. The van der Waals surface area contributed by atoms with Gasteiger partial charge in [-0.25, -0.2) is 9.18 Å². The van der Waals surface area contributed by atoms with E-state index in [1.807, 2.05) is 30.3 Å². The number of rotatable bonds is 6. The van der Waals surface area contributed by atoms with Crippen LogP contribution in [-0.4, -0.2) is 23.2 Å². The lowest BCUT2D eigenvalue weighted by Crippen LogP contribution is -2.29. The summed E-state index contributed by atoms with van der Waals surface area (Å²) in [5, 5.41) is 4.55. The molecule has 0 aliphatic carbocycles. The molecule has 3 aromatic carbocycles. The number of carbonyl (C=O) groups excluding carboxylic acids is 1. The van der Waals surface area contributed by atoms with Crippen molar-refractivity contribution in [2.45, 2.75) is 4.90 Å². The Morgan fingerprint density at radius 3 is 2.61 bits per heavy atom. The van der Waals surface area contributed by atoms with Gasteiger partial charge >= 0.3 is 5.63 Å². The summed E-state index contributed by atoms with van der Waals surface area (Å²) < 4.78 is 18.6. The number of carbonyl (C=O) groups is 1. The molecule has 0 saturated heterocycles. The standard InChI is InChI=1S/C26H19FN2O3S/c27-18-11-9-16(10-12-18)23-24(19-6-2-3-7-21(19)29-23)33-14-13-28-25(30)20-15-17-5-1-4-8-22(17)32-26(20)31/h1-12,15,29H,13-14H2,(H,28,30). The van der Waals surface area contributed by atoms with Gasteiger partial charge in [0.25, 0.3) is 5.91 Å². The zero-order chi connectivity index (χ0) is 22.8. The van der Waals surface area contributed by atoms with Crippen LogP contribution >= 0.6 is 11.8 Å². The molecule has 0 unspecified atom stereocenters. The lowest BCUT2D eigenvalue weighted by Gasteiger charge is -2.07. The fraction of sp³-hybridized carbons (Fsp3) is 0.0769. The molecule has 33 heavy (non-hydrogen) atoms. The number of para-hydroxylation sites is 2. The largest absolute Gasteiger partial charge is 0.422 e. The molecule has 0 atom stereocenters. The van der Waals surface area contributed by atoms with E-state index in [1.165, 1.54) is 12.1 Å². The van der Waals surface area contributed by atoms with Crippen LogP contribution in [0.2, 0.25) is 0 Å². The molecule has 0 bridgehead atoms. The smallest absolute Gasteiger partial charge is 0.349 e. The van der Waals surface area contributed by atoms with Crippen LogP contribution in [-0.2, 0) is 0 Å². The van der Waals surface area contributed by atoms with Crippen LogP contribution in [0, 0.1) is 5.82 Å². The Bertz CT molecular complexity index is 1520. The highest BCUT2D eigenvalue weighted by Gasteiger charge is 2.15. The van der Waals surface area contributed by atoms with E-state index in [1.54, 1.807) is 48.2 Å². The van der Waals surface area contributed by atoms with Gasteiger partial charge in [0.1, 0.15) is 17.0 Å². The molecule has 0 aliphatic heterocycles. The topological polar surface area (TPSA) is 75.1 Å². The van der Waals surface area contributed by atoms with Gasteiger partial charge in [-0.15, -0.1) is 11.8 Å². The number of hydrogen-bond donors (Lipinski definition) is 2. The Labute approximate surface area is 192 Å². The third kappa shape index (κ3) is 4.27. The first-order valence-corrected chi connectivity index (χ1v) is 11.4. The molecule has 2 N–H and O–H groups in total. The normalized spacial score (nSPS) is 11.2. The molecule has 1 amide bonds. The van der Waals surface area contributed by atoms with E-state index >= 15 is 0 Å². The summed E-state index contributed by atoms with van der Waals surface area (Å²) in [6.45, 7) is 0.359. The van der Waals surface area contributed by atoms with Crippen molar-refractivity contribution in [3.63, 3.8) is 0 Å². The maximum absolute atomic E-state index is 13.4. The van der Waals surface area contributed by atoms with Crippen LogP contribution in [0.25, 0.3) is 33.1 Å². The summed E-state index contributed by atoms with van der Waals surface area (Å²) in [6.07, 6.45) is 0. The number of halogens is 1. The molecule has 0 spiro atoms. The van der Waals surface area contributed by atoms with E-state index in [2.05, 4.69) is 10.3 Å². The fourth-order valence-corrected chi connectivity index (χ4v) is 4.77. The van der Waals surface area contributed by atoms with Crippen molar-refractivity contribution in [3.05, 3.63) is 101 Å². The monoisotopic (exact) mass is 458 g/mol. The Morgan fingerprint density at radius 2 is 1.76 bits per heavy atom. The first-order chi connectivity index (χ1) is 16.1. The second-order valence-electron chi connectivity index (χ2n) is 7.47. The molecule has 2 aromatic heterocycles. The predicted octanol–water partition coefficient (Wildman–Crippen LogP) is 5.60. The Kier molecular flexibility index (Phi) is 5.71. The highest BCUT2D eigenvalue weighted by atomic mass is 32.2. The van der Waals surface area contributed by atoms with Crippen molar-refractivity contribution in [3.8, 4) is 11.3 Å². The molecular weight excluding hydrogens is 439 g/mol. The van der Waals surface area contributed by atoms with Crippen LogP contribution in [0.4, 0.5) is 4.39 Å². The molecule has 0 radical (unpaired) electrons. The average molecular weight is 459 g/mol. The Hall–Kier alpha value is -3.84. The molecule has 0 aliphatic rings. The number of H-pyrrole nitrogens is 1. The maximum Gasteiger partial charge on any atom is 0.349 e. The number of thioether (sulfide) groups is 1. The van der Waals surface area contributed by atoms with Gasteiger partial charge < -0.3 is 14.7 Å². The molecule has 5 aromatic rings. The molecule has 5 rings (SSSR count). The van der Waals surface area contributed by atoms with Gasteiger partial charge in [-0.1, -0.05) is 36.4 Å². The molecule has 2 heterocycles. The third-order valence-corrected chi connectivity index (χ3v) is 6.43. The second-order valence-corrected chi connectivity index (χ2v) is 8.58. The summed E-state index contributed by atoms with van der Waals surface area (Å²) >= 11 is 1.58. The zero-order valence-corrected chi connectivity index (χ0v) is 18.2. The SMILES string of the molecule is O=C(NCCSc1c(-c2ccc(F)cc2)[nH]c2ccccc12)c1cc2ccccc2oc1=O. The number of amides is 1. The van der Waals surface area contributed by atoms with Crippen molar-refractivity contribution in [2.24, 2.45) is 0 Å². The summed E-state index contributed by atoms with van der Waals surface area (Å²) in [6, 6.07) is 22.9. The van der Waals surface area contributed by atoms with Crippen LogP contribution in [0.15, 0.2) is 93.0 Å². The molecule has 5 nitrogen and oxygen atoms in total. The quantitative estimate of drug-likeness (QED) is 0.197. The zero-order valence-electron chi connectivity index (χ0n) is 17.4. The van der Waals surface area contributed by atoms with Gasteiger partial charge in [0.2, 0.25) is 0 Å². The molecule has 0 fully saturated rings. The van der Waals surface area contributed by atoms with Crippen LogP contribution < -0.4 is 10.9 Å². The van der Waals surface area contributed by atoms with Crippen molar-refractivity contribution in [1.29, 1.82) is 0 Å². The first kappa shape index (κ1) is 21.0. The number of fused-ring (bicyclic) bond motifs is 2. The molecule has 0 saturated carbocycles. The second kappa shape index (κ2) is 8.96. The van der Waals surface area contributed by atoms with Gasteiger partial charge in [0.15, 0.2) is 0 Å². The number of aromatic amines is 1. The van der Waals surface area contributed by atoms with Crippen molar-refractivity contribution in [1.82, 2.24) is 10.3 Å². The van der Waals surface area contributed by atoms with Gasteiger partial charge in [-0.05, 0) is 48.0 Å². The maximum atomic E-state index is 13.4. The lowest BCUT2D eigenvalue weighted by atomic mass is 10.1. The van der Waals surface area contributed by atoms with Gasteiger partial charge in [0, 0.05) is 33.5 Å². The highest BCUT2D eigenvalue weighted by Crippen LogP contribution is 2.37. The number of aromatic nitrogens is 1. The van der Waals surface area contributed by atoms with Crippen molar-refractivity contribution >= 4 is 39.5 Å². The van der Waals surface area contributed by atoms with E-state index in [9.17, 15) is 14.0 Å². The van der Waals surface area contributed by atoms with Crippen LogP contribution in [0.1, 0.15) is 10.4 Å². The van der Waals surface area contributed by atoms with E-state index in [0.717, 1.165) is 27.1 Å². The summed E-state index contributed by atoms with van der Waals surface area (Å²) in [4.78, 5) is 29.2. The molecular formula is C26H19FN2O3S. The van der Waals surface area contributed by atoms with Gasteiger partial charge in [-0.2, -0.15) is 0 Å². The van der Waals surface area contributed by atoms with Crippen LogP contribution in [0.3, 0.4) is 0 Å². The fourth-order valence-electron chi connectivity index (χ4n) is 3.72. The summed E-state index contributed by atoms with van der Waals surface area (Å²) in [5.41, 5.74) is 2.54.